The third kappa shape index (κ3) is 4.17. The van der Waals surface area contributed by atoms with Crippen LogP contribution in [0.3, 0.4) is 0 Å². The molecule has 0 bridgehead atoms. The van der Waals surface area contributed by atoms with Crippen LogP contribution in [-0.4, -0.2) is 54.0 Å². The molecule has 1 heterocycles. The number of nitrogens with one attached hydrogen (secondary N) is 2. The summed E-state index contributed by atoms with van der Waals surface area (Å²) in [4.78, 5) is 35.7. The van der Waals surface area contributed by atoms with E-state index < -0.39 is 5.97 Å². The Morgan fingerprint density at radius 2 is 2.19 bits per heavy atom. The van der Waals surface area contributed by atoms with Gasteiger partial charge in [-0.1, -0.05) is 11.6 Å². The highest BCUT2D eigenvalue weighted by Gasteiger charge is 2.19. The van der Waals surface area contributed by atoms with E-state index in [0.717, 1.165) is 0 Å². The Bertz CT molecular complexity index is 591. The predicted octanol–water partition coefficient (Wildman–Crippen LogP) is 0.408. The van der Waals surface area contributed by atoms with Crippen LogP contribution in [0.25, 0.3) is 0 Å². The molecule has 0 unspecified atom stereocenters. The van der Waals surface area contributed by atoms with Crippen molar-refractivity contribution in [1.29, 1.82) is 0 Å². The van der Waals surface area contributed by atoms with Crippen molar-refractivity contribution in [2.75, 3.05) is 31.5 Å². The molecule has 8 heteroatoms. The van der Waals surface area contributed by atoms with Gasteiger partial charge in [0.1, 0.15) is 0 Å². The van der Waals surface area contributed by atoms with Gasteiger partial charge >= 0.3 is 5.97 Å². The highest BCUT2D eigenvalue weighted by atomic mass is 35.5. The van der Waals surface area contributed by atoms with Crippen LogP contribution >= 0.6 is 11.6 Å². The summed E-state index contributed by atoms with van der Waals surface area (Å²) in [6.45, 7) is 1.29. The van der Waals surface area contributed by atoms with E-state index >= 15 is 0 Å². The third-order valence-corrected chi connectivity index (χ3v) is 3.30. The quantitative estimate of drug-likeness (QED) is 0.748. The van der Waals surface area contributed by atoms with Crippen molar-refractivity contribution in [1.82, 2.24) is 10.2 Å². The van der Waals surface area contributed by atoms with Gasteiger partial charge in [-0.15, -0.1) is 0 Å². The summed E-state index contributed by atoms with van der Waals surface area (Å²) in [5.41, 5.74) is 0.273. The van der Waals surface area contributed by atoms with E-state index in [2.05, 4.69) is 10.6 Å². The van der Waals surface area contributed by atoms with Crippen molar-refractivity contribution in [2.24, 2.45) is 0 Å². The minimum Gasteiger partial charge on any atom is -0.478 e. The summed E-state index contributed by atoms with van der Waals surface area (Å²) >= 11 is 5.93. The minimum atomic E-state index is -1.10. The molecule has 2 amide bonds. The van der Waals surface area contributed by atoms with Crippen LogP contribution in [0.4, 0.5) is 5.69 Å². The number of carbonyl (C=O) groups excluding carboxylic acids is 2. The summed E-state index contributed by atoms with van der Waals surface area (Å²) < 4.78 is 0. The van der Waals surface area contributed by atoms with Gasteiger partial charge < -0.3 is 15.7 Å². The molecular formula is C13H14ClN3O4. The Balaban J connectivity index is 2.00. The number of carbonyl (C=O) groups is 3. The zero-order valence-corrected chi connectivity index (χ0v) is 11.8. The molecule has 2 rings (SSSR count). The number of piperazine rings is 1. The number of carboxylic acids is 1. The van der Waals surface area contributed by atoms with Crippen molar-refractivity contribution in [3.63, 3.8) is 0 Å². The fourth-order valence-corrected chi connectivity index (χ4v) is 2.14. The zero-order valence-electron chi connectivity index (χ0n) is 11.1. The highest BCUT2D eigenvalue weighted by Crippen LogP contribution is 2.23. The number of rotatable bonds is 4. The van der Waals surface area contributed by atoms with Crippen LogP contribution in [0.15, 0.2) is 18.2 Å². The number of benzene rings is 1. The van der Waals surface area contributed by atoms with Crippen LogP contribution in [0.5, 0.6) is 0 Å². The number of hydrogen-bond acceptors (Lipinski definition) is 4. The first-order chi connectivity index (χ1) is 9.95. The van der Waals surface area contributed by atoms with Gasteiger partial charge in [-0.2, -0.15) is 0 Å². The molecule has 21 heavy (non-hydrogen) atoms. The molecule has 112 valence electrons. The molecule has 3 N–H and O–H groups in total. The molecule has 1 aliphatic heterocycles. The van der Waals surface area contributed by atoms with E-state index in [1.165, 1.54) is 18.2 Å². The molecule has 0 aromatic heterocycles. The molecule has 7 nitrogen and oxygen atoms in total. The number of hydrogen-bond donors (Lipinski definition) is 3. The predicted molar refractivity (Wildman–Crippen MR) is 76.5 cm³/mol. The number of anilines is 1. The largest absolute Gasteiger partial charge is 0.478 e. The topological polar surface area (TPSA) is 98.7 Å². The molecule has 1 saturated heterocycles. The van der Waals surface area contributed by atoms with Gasteiger partial charge in [0, 0.05) is 13.1 Å². The maximum absolute atomic E-state index is 11.9. The first-order valence-electron chi connectivity index (χ1n) is 6.27. The second-order valence-electron chi connectivity index (χ2n) is 4.61. The van der Waals surface area contributed by atoms with Crippen molar-refractivity contribution in [2.45, 2.75) is 0 Å². The van der Waals surface area contributed by atoms with Gasteiger partial charge in [0.05, 0.1) is 29.4 Å². The highest BCUT2D eigenvalue weighted by molar-refractivity contribution is 6.33. The smallest absolute Gasteiger partial charge is 0.335 e. The van der Waals surface area contributed by atoms with E-state index in [1.54, 1.807) is 4.90 Å². The normalized spacial score (nSPS) is 15.4. The van der Waals surface area contributed by atoms with Crippen molar-refractivity contribution in [3.8, 4) is 0 Å². The monoisotopic (exact) mass is 311 g/mol. The molecule has 0 aliphatic carbocycles. The fourth-order valence-electron chi connectivity index (χ4n) is 1.97. The van der Waals surface area contributed by atoms with Gasteiger partial charge in [0.15, 0.2) is 0 Å². The van der Waals surface area contributed by atoms with Crippen molar-refractivity contribution < 1.29 is 19.5 Å². The molecule has 0 atom stereocenters. The number of halogens is 1. The van der Waals surface area contributed by atoms with Crippen LogP contribution < -0.4 is 10.6 Å². The van der Waals surface area contributed by atoms with Gasteiger partial charge in [-0.05, 0) is 18.2 Å². The van der Waals surface area contributed by atoms with Crippen LogP contribution in [0, 0.1) is 0 Å². The van der Waals surface area contributed by atoms with Gasteiger partial charge in [0.2, 0.25) is 11.8 Å². The summed E-state index contributed by atoms with van der Waals surface area (Å²) in [5.74, 6) is -1.58. The Morgan fingerprint density at radius 1 is 1.43 bits per heavy atom. The lowest BCUT2D eigenvalue weighted by atomic mass is 10.2. The van der Waals surface area contributed by atoms with E-state index in [1.807, 2.05) is 0 Å². The minimum absolute atomic E-state index is 0.0343. The Labute approximate surface area is 125 Å². The van der Waals surface area contributed by atoms with Gasteiger partial charge in [-0.3, -0.25) is 14.5 Å². The number of aromatic carboxylic acids is 1. The zero-order chi connectivity index (χ0) is 15.4. The average Bonchev–Trinajstić information content (AvgIpc) is 2.41. The second-order valence-corrected chi connectivity index (χ2v) is 5.02. The van der Waals surface area contributed by atoms with Gasteiger partial charge in [0.25, 0.3) is 0 Å². The molecule has 0 saturated carbocycles. The molecule has 1 fully saturated rings. The molecule has 0 radical (unpaired) electrons. The molecular weight excluding hydrogens is 298 g/mol. The van der Waals surface area contributed by atoms with Crippen LogP contribution in [-0.2, 0) is 9.59 Å². The Morgan fingerprint density at radius 3 is 2.86 bits per heavy atom. The van der Waals surface area contributed by atoms with Crippen molar-refractivity contribution in [3.05, 3.63) is 28.8 Å². The number of amides is 2. The maximum Gasteiger partial charge on any atom is 0.335 e. The molecule has 1 aromatic rings. The lowest BCUT2D eigenvalue weighted by molar-refractivity contribution is -0.125. The summed E-state index contributed by atoms with van der Waals surface area (Å²) in [5, 5.41) is 14.4. The van der Waals surface area contributed by atoms with E-state index in [0.29, 0.717) is 13.1 Å². The SMILES string of the molecule is O=C1CN(CC(=O)Nc2cc(C(=O)O)ccc2Cl)CCN1. The lowest BCUT2D eigenvalue weighted by Gasteiger charge is -2.25. The molecule has 1 aliphatic rings. The maximum atomic E-state index is 11.9. The lowest BCUT2D eigenvalue weighted by Crippen LogP contribution is -2.49. The fraction of sp³-hybridized carbons (Fsp3) is 0.308. The molecule has 0 spiro atoms. The van der Waals surface area contributed by atoms with Crippen LogP contribution in [0.1, 0.15) is 10.4 Å². The summed E-state index contributed by atoms with van der Waals surface area (Å²) in [6.07, 6.45) is 0. The number of carboxylic acid groups (broad SMARTS) is 1. The Hall–Kier alpha value is -2.12. The Kier molecular flexibility index (Phi) is 4.77. The number of nitrogens with zero attached hydrogens (tertiary/aromatic N) is 1. The van der Waals surface area contributed by atoms with Crippen LogP contribution in [0.2, 0.25) is 5.02 Å². The van der Waals surface area contributed by atoms with Gasteiger partial charge in [-0.25, -0.2) is 4.79 Å². The first kappa shape index (κ1) is 15.3. The standard InChI is InChI=1S/C13H14ClN3O4/c14-9-2-1-8(13(20)21)5-10(9)16-12(19)7-17-4-3-15-11(18)6-17/h1-2,5H,3-4,6-7H2,(H,15,18)(H,16,19)(H,20,21). The first-order valence-corrected chi connectivity index (χ1v) is 6.65. The summed E-state index contributed by atoms with van der Waals surface area (Å²) in [6, 6.07) is 4.07. The van der Waals surface area contributed by atoms with E-state index in [4.69, 9.17) is 16.7 Å². The van der Waals surface area contributed by atoms with E-state index in [-0.39, 0.29) is 41.2 Å². The average molecular weight is 312 g/mol. The third-order valence-electron chi connectivity index (χ3n) is 2.97. The summed E-state index contributed by atoms with van der Waals surface area (Å²) in [7, 11) is 0. The second kappa shape index (κ2) is 6.55. The van der Waals surface area contributed by atoms with Crippen molar-refractivity contribution >= 4 is 35.1 Å². The van der Waals surface area contributed by atoms with E-state index in [9.17, 15) is 14.4 Å². The molecule has 1 aromatic carbocycles.